The van der Waals surface area contributed by atoms with Crippen molar-refractivity contribution >= 4 is 27.3 Å². The largest absolute Gasteiger partial charge is 0.269 e. The maximum Gasteiger partial charge on any atom is 0.235 e. The molecule has 0 aromatic heterocycles. The lowest BCUT2D eigenvalue weighted by atomic mass is 10.3. The average Bonchev–Trinajstić information content (AvgIpc) is 2.19. The van der Waals surface area contributed by atoms with Crippen molar-refractivity contribution in [1.82, 2.24) is 0 Å². The molecule has 5 heteroatoms. The third-order valence-electron chi connectivity index (χ3n) is 2.47. The lowest BCUT2D eigenvalue weighted by Crippen LogP contribution is -2.37. The Morgan fingerprint density at radius 3 is 2.60 bits per heavy atom. The Morgan fingerprint density at radius 1 is 1.20 bits per heavy atom. The quantitative estimate of drug-likeness (QED) is 0.761. The van der Waals surface area contributed by atoms with Gasteiger partial charge in [-0.15, -0.1) is 0 Å². The lowest BCUT2D eigenvalue weighted by Gasteiger charge is -2.28. The Morgan fingerprint density at radius 2 is 1.93 bits per heavy atom. The first-order valence-corrected chi connectivity index (χ1v) is 6.85. The van der Waals surface area contributed by atoms with Crippen LogP contribution in [-0.2, 0) is 10.0 Å². The van der Waals surface area contributed by atoms with Gasteiger partial charge in [0.05, 0.1) is 16.5 Å². The summed E-state index contributed by atoms with van der Waals surface area (Å²) in [5.74, 6) is 0.220. The molecule has 1 aromatic rings. The lowest BCUT2D eigenvalue weighted by molar-refractivity contribution is 0.574. The van der Waals surface area contributed by atoms with Crippen LogP contribution >= 0.6 is 11.6 Å². The third-order valence-corrected chi connectivity index (χ3v) is 4.65. The maximum atomic E-state index is 11.8. The molecule has 0 radical (unpaired) electrons. The molecule has 1 fully saturated rings. The second-order valence-corrected chi connectivity index (χ2v) is 5.97. The molecule has 0 aliphatic carbocycles. The fourth-order valence-corrected chi connectivity index (χ4v) is 3.66. The molecule has 0 atom stereocenters. The molecule has 3 nitrogen and oxygen atoms in total. The Bertz CT molecular complexity index is 458. The van der Waals surface area contributed by atoms with Gasteiger partial charge in [0.15, 0.2) is 0 Å². The van der Waals surface area contributed by atoms with Gasteiger partial charge in [-0.1, -0.05) is 23.7 Å². The van der Waals surface area contributed by atoms with E-state index in [0.717, 1.165) is 12.8 Å². The fraction of sp³-hybridized carbons (Fsp3) is 0.400. The van der Waals surface area contributed by atoms with Gasteiger partial charge in [0.1, 0.15) is 0 Å². The highest BCUT2D eigenvalue weighted by atomic mass is 35.5. The summed E-state index contributed by atoms with van der Waals surface area (Å²) in [5.41, 5.74) is 0.596. The van der Waals surface area contributed by atoms with E-state index >= 15 is 0 Å². The minimum absolute atomic E-state index is 0.220. The predicted octanol–water partition coefficient (Wildman–Crippen LogP) is 2.27. The highest BCUT2D eigenvalue weighted by Gasteiger charge is 2.27. The number of halogens is 1. The molecule has 2 rings (SSSR count). The van der Waals surface area contributed by atoms with Crippen LogP contribution in [0.5, 0.6) is 0 Å². The minimum Gasteiger partial charge on any atom is -0.269 e. The van der Waals surface area contributed by atoms with Gasteiger partial charge < -0.3 is 0 Å². The van der Waals surface area contributed by atoms with Crippen LogP contribution < -0.4 is 4.31 Å². The summed E-state index contributed by atoms with van der Waals surface area (Å²) in [5, 5.41) is 0.489. The SMILES string of the molecule is O=S1(=O)CCCCN1c1ccccc1Cl. The summed E-state index contributed by atoms with van der Waals surface area (Å²) >= 11 is 5.98. The first kappa shape index (κ1) is 10.8. The van der Waals surface area contributed by atoms with Crippen LogP contribution in [0.3, 0.4) is 0 Å². The van der Waals surface area contributed by atoms with Gasteiger partial charge in [0.25, 0.3) is 0 Å². The smallest absolute Gasteiger partial charge is 0.235 e. The topological polar surface area (TPSA) is 37.4 Å². The molecule has 1 aromatic carbocycles. The molecule has 0 amide bonds. The van der Waals surface area contributed by atoms with Crippen LogP contribution in [0, 0.1) is 0 Å². The van der Waals surface area contributed by atoms with Crippen molar-refractivity contribution in [3.05, 3.63) is 29.3 Å². The number of sulfonamides is 1. The maximum absolute atomic E-state index is 11.8. The Hall–Kier alpha value is -0.740. The van der Waals surface area contributed by atoms with E-state index in [1.165, 1.54) is 4.31 Å². The van der Waals surface area contributed by atoms with E-state index in [1.807, 2.05) is 0 Å². The number of hydrogen-bond donors (Lipinski definition) is 0. The summed E-state index contributed by atoms with van der Waals surface area (Å²) in [6, 6.07) is 7.04. The van der Waals surface area contributed by atoms with Crippen molar-refractivity contribution in [2.75, 3.05) is 16.6 Å². The molecule has 0 bridgehead atoms. The molecule has 1 heterocycles. The molecule has 0 spiro atoms. The normalized spacial score (nSPS) is 20.2. The first-order valence-electron chi connectivity index (χ1n) is 4.86. The Balaban J connectivity index is 2.42. The summed E-state index contributed by atoms with van der Waals surface area (Å²) in [6.45, 7) is 0.534. The van der Waals surface area contributed by atoms with E-state index in [9.17, 15) is 8.42 Å². The second kappa shape index (κ2) is 4.02. The zero-order valence-electron chi connectivity index (χ0n) is 8.19. The van der Waals surface area contributed by atoms with Gasteiger partial charge in [-0.2, -0.15) is 0 Å². The van der Waals surface area contributed by atoms with Crippen molar-refractivity contribution in [1.29, 1.82) is 0 Å². The Kier molecular flexibility index (Phi) is 2.89. The minimum atomic E-state index is -3.15. The van der Waals surface area contributed by atoms with Crippen LogP contribution in [0.25, 0.3) is 0 Å². The average molecular weight is 246 g/mol. The number of anilines is 1. The van der Waals surface area contributed by atoms with E-state index < -0.39 is 10.0 Å². The summed E-state index contributed by atoms with van der Waals surface area (Å²) < 4.78 is 25.0. The van der Waals surface area contributed by atoms with Crippen LogP contribution in [0.4, 0.5) is 5.69 Å². The van der Waals surface area contributed by atoms with Crippen LogP contribution in [-0.4, -0.2) is 20.7 Å². The van der Waals surface area contributed by atoms with E-state index in [2.05, 4.69) is 0 Å². The zero-order valence-corrected chi connectivity index (χ0v) is 9.76. The Labute approximate surface area is 94.7 Å². The van der Waals surface area contributed by atoms with Crippen molar-refractivity contribution < 1.29 is 8.42 Å². The highest BCUT2D eigenvalue weighted by molar-refractivity contribution is 7.92. The molecule has 82 valence electrons. The second-order valence-electron chi connectivity index (χ2n) is 3.55. The molecule has 1 saturated heterocycles. The van der Waals surface area contributed by atoms with E-state index in [4.69, 9.17) is 11.6 Å². The van der Waals surface area contributed by atoms with Gasteiger partial charge in [0.2, 0.25) is 10.0 Å². The summed E-state index contributed by atoms with van der Waals surface area (Å²) in [6.07, 6.45) is 1.63. The van der Waals surface area contributed by atoms with E-state index in [-0.39, 0.29) is 5.75 Å². The van der Waals surface area contributed by atoms with Gasteiger partial charge >= 0.3 is 0 Å². The van der Waals surface area contributed by atoms with Crippen molar-refractivity contribution in [2.45, 2.75) is 12.8 Å². The van der Waals surface area contributed by atoms with Crippen molar-refractivity contribution in [3.8, 4) is 0 Å². The summed E-state index contributed by atoms with van der Waals surface area (Å²) in [7, 11) is -3.15. The molecule has 1 aliphatic rings. The molecule has 1 aliphatic heterocycles. The van der Waals surface area contributed by atoms with Gasteiger partial charge in [-0.25, -0.2) is 8.42 Å². The zero-order chi connectivity index (χ0) is 10.9. The monoisotopic (exact) mass is 245 g/mol. The number of hydrogen-bond acceptors (Lipinski definition) is 2. The van der Waals surface area contributed by atoms with E-state index in [0.29, 0.717) is 17.3 Å². The molecular weight excluding hydrogens is 234 g/mol. The van der Waals surface area contributed by atoms with Crippen LogP contribution in [0.15, 0.2) is 24.3 Å². The molecule has 15 heavy (non-hydrogen) atoms. The number of rotatable bonds is 1. The number of para-hydroxylation sites is 1. The van der Waals surface area contributed by atoms with Crippen molar-refractivity contribution in [2.24, 2.45) is 0 Å². The fourth-order valence-electron chi connectivity index (χ4n) is 1.71. The van der Waals surface area contributed by atoms with Gasteiger partial charge in [0, 0.05) is 6.54 Å². The summed E-state index contributed by atoms with van der Waals surface area (Å²) in [4.78, 5) is 0. The molecule has 0 unspecified atom stereocenters. The molecule has 0 saturated carbocycles. The highest BCUT2D eigenvalue weighted by Crippen LogP contribution is 2.29. The van der Waals surface area contributed by atoms with Gasteiger partial charge in [-0.3, -0.25) is 4.31 Å². The van der Waals surface area contributed by atoms with Crippen LogP contribution in [0.1, 0.15) is 12.8 Å². The van der Waals surface area contributed by atoms with Gasteiger partial charge in [-0.05, 0) is 25.0 Å². The van der Waals surface area contributed by atoms with E-state index in [1.54, 1.807) is 24.3 Å². The third kappa shape index (κ3) is 2.11. The number of nitrogens with zero attached hydrogens (tertiary/aromatic N) is 1. The molecule has 0 N–H and O–H groups in total. The number of benzene rings is 1. The first-order chi connectivity index (χ1) is 7.11. The predicted molar refractivity (Wildman–Crippen MR) is 61.8 cm³/mol. The van der Waals surface area contributed by atoms with Crippen molar-refractivity contribution in [3.63, 3.8) is 0 Å². The van der Waals surface area contributed by atoms with Crippen LogP contribution in [0.2, 0.25) is 5.02 Å². The molecular formula is C10H12ClNO2S. The standard InChI is InChI=1S/C10H12ClNO2S/c11-9-5-1-2-6-10(9)12-7-3-4-8-15(12,13)14/h1-2,5-6H,3-4,7-8H2.